The van der Waals surface area contributed by atoms with Gasteiger partial charge in [-0.1, -0.05) is 60.7 Å². The Morgan fingerprint density at radius 2 is 1.49 bits per heavy atom. The topological polar surface area (TPSA) is 66.8 Å². The Kier molecular flexibility index (Phi) is 9.07. The molecule has 5 nitrogen and oxygen atoms in total. The van der Waals surface area contributed by atoms with Gasteiger partial charge in [-0.25, -0.2) is 4.79 Å². The van der Waals surface area contributed by atoms with E-state index in [2.05, 4.69) is 39.8 Å². The highest BCUT2D eigenvalue weighted by molar-refractivity contribution is 5.88. The van der Waals surface area contributed by atoms with Crippen molar-refractivity contribution in [2.75, 3.05) is 13.3 Å². The number of aliphatic hydroxyl groups is 1. The molecule has 0 aromatic heterocycles. The number of aliphatic hydroxyl groups excluding tert-OH is 1. The molecule has 0 fully saturated rings. The Morgan fingerprint density at radius 1 is 0.886 bits per heavy atom. The third kappa shape index (κ3) is 6.30. The van der Waals surface area contributed by atoms with Crippen molar-refractivity contribution in [1.82, 2.24) is 0 Å². The molecule has 0 heterocycles. The summed E-state index contributed by atoms with van der Waals surface area (Å²) >= 11 is 0. The van der Waals surface area contributed by atoms with Gasteiger partial charge in [-0.2, -0.15) is 0 Å². The van der Waals surface area contributed by atoms with E-state index in [-0.39, 0.29) is 30.3 Å². The van der Waals surface area contributed by atoms with E-state index in [9.17, 15) is 15.0 Å². The van der Waals surface area contributed by atoms with Crippen LogP contribution in [0.2, 0.25) is 0 Å². The van der Waals surface area contributed by atoms with Crippen LogP contribution in [0.25, 0.3) is 0 Å². The van der Waals surface area contributed by atoms with Gasteiger partial charge >= 0.3 is 5.97 Å². The predicted octanol–water partition coefficient (Wildman–Crippen LogP) is 6.07. The monoisotopic (exact) mass is 476 g/mol. The zero-order valence-corrected chi connectivity index (χ0v) is 21.2. The summed E-state index contributed by atoms with van der Waals surface area (Å²) in [6.45, 7) is 9.79. The number of benzene rings is 3. The predicted molar refractivity (Wildman–Crippen MR) is 140 cm³/mol. The van der Waals surface area contributed by atoms with Crippen molar-refractivity contribution < 1.29 is 24.2 Å². The van der Waals surface area contributed by atoms with Crippen molar-refractivity contribution in [2.45, 2.75) is 58.7 Å². The molecule has 0 aliphatic carbocycles. The number of carboxylic acid groups (broad SMARTS) is 1. The maximum atomic E-state index is 11.9. The first-order valence-electron chi connectivity index (χ1n) is 12.3. The highest BCUT2D eigenvalue weighted by atomic mass is 16.5. The van der Waals surface area contributed by atoms with Crippen molar-refractivity contribution >= 4 is 5.97 Å². The van der Waals surface area contributed by atoms with Crippen molar-refractivity contribution in [3.63, 3.8) is 0 Å². The van der Waals surface area contributed by atoms with Crippen LogP contribution in [-0.2, 0) is 6.61 Å². The van der Waals surface area contributed by atoms with Gasteiger partial charge in [0.25, 0.3) is 0 Å². The van der Waals surface area contributed by atoms with Crippen LogP contribution in [0.3, 0.4) is 0 Å². The average molecular weight is 477 g/mol. The molecule has 0 saturated carbocycles. The van der Waals surface area contributed by atoms with Crippen LogP contribution in [0.4, 0.5) is 0 Å². The summed E-state index contributed by atoms with van der Waals surface area (Å²) in [5, 5.41) is 20.1. The molecule has 0 amide bonds. The second-order valence-electron chi connectivity index (χ2n) is 9.74. The fourth-order valence-electron chi connectivity index (χ4n) is 4.89. The largest absolute Gasteiger partial charge is 0.489 e. The lowest BCUT2D eigenvalue weighted by Crippen LogP contribution is -2.59. The number of rotatable bonds is 12. The SMILES string of the molecule is CC(C)[N+](CO)(CCC(c1ccccc1)c1cc(C(=O)O)ccc1OCc1ccccc1)C(C)C. The van der Waals surface area contributed by atoms with E-state index in [4.69, 9.17) is 4.74 Å². The fourth-order valence-corrected chi connectivity index (χ4v) is 4.89. The number of ether oxygens (including phenoxy) is 1. The average Bonchev–Trinajstić information content (AvgIpc) is 2.86. The van der Waals surface area contributed by atoms with E-state index in [1.807, 2.05) is 48.5 Å². The first-order chi connectivity index (χ1) is 16.8. The lowest BCUT2D eigenvalue weighted by molar-refractivity contribution is -0.982. The highest BCUT2D eigenvalue weighted by Crippen LogP contribution is 2.37. The maximum Gasteiger partial charge on any atom is 0.335 e. The van der Waals surface area contributed by atoms with Gasteiger partial charge in [0, 0.05) is 17.9 Å². The lowest BCUT2D eigenvalue weighted by atomic mass is 9.86. The van der Waals surface area contributed by atoms with E-state index >= 15 is 0 Å². The van der Waals surface area contributed by atoms with Crippen LogP contribution in [-0.4, -0.2) is 46.0 Å². The Labute approximate surface area is 209 Å². The van der Waals surface area contributed by atoms with Gasteiger partial charge in [0.15, 0.2) is 6.73 Å². The molecular formula is C30H38NO4+. The van der Waals surface area contributed by atoms with Crippen molar-refractivity contribution in [2.24, 2.45) is 0 Å². The standard InChI is InChI=1S/C30H37NO4/c1-22(2)31(21-32,23(3)4)18-17-27(25-13-9-6-10-14-25)28-19-26(30(33)34)15-16-29(28)35-20-24-11-7-5-8-12-24/h5-16,19,22-23,27,32H,17-18,20-21H2,1-4H3/p+1. The van der Waals surface area contributed by atoms with Gasteiger partial charge in [-0.15, -0.1) is 0 Å². The lowest BCUT2D eigenvalue weighted by Gasteiger charge is -2.45. The van der Waals surface area contributed by atoms with Crippen molar-refractivity contribution in [3.05, 3.63) is 101 Å². The van der Waals surface area contributed by atoms with Gasteiger partial charge in [0.05, 0.1) is 24.2 Å². The van der Waals surface area contributed by atoms with Gasteiger partial charge in [-0.05, 0) is 57.0 Å². The van der Waals surface area contributed by atoms with E-state index in [1.165, 1.54) is 0 Å². The maximum absolute atomic E-state index is 11.9. The summed E-state index contributed by atoms with van der Waals surface area (Å²) < 4.78 is 6.84. The molecule has 1 atom stereocenters. The second-order valence-corrected chi connectivity index (χ2v) is 9.74. The molecule has 2 N–H and O–H groups in total. The minimum Gasteiger partial charge on any atom is -0.489 e. The molecule has 0 radical (unpaired) electrons. The molecule has 0 spiro atoms. The Hall–Kier alpha value is -3.15. The molecule has 35 heavy (non-hydrogen) atoms. The van der Waals surface area contributed by atoms with Crippen LogP contribution < -0.4 is 4.74 Å². The number of hydrogen-bond acceptors (Lipinski definition) is 3. The number of hydrogen-bond donors (Lipinski definition) is 2. The number of nitrogens with zero attached hydrogens (tertiary/aromatic N) is 1. The van der Waals surface area contributed by atoms with E-state index in [0.29, 0.717) is 16.8 Å². The highest BCUT2D eigenvalue weighted by Gasteiger charge is 2.35. The smallest absolute Gasteiger partial charge is 0.335 e. The zero-order chi connectivity index (χ0) is 25.4. The number of quaternary nitrogens is 1. The van der Waals surface area contributed by atoms with Gasteiger partial charge in [0.2, 0.25) is 0 Å². The molecule has 0 saturated heterocycles. The molecule has 3 aromatic carbocycles. The fraction of sp³-hybridized carbons (Fsp3) is 0.367. The third-order valence-electron chi connectivity index (χ3n) is 7.23. The second kappa shape index (κ2) is 12.0. The van der Waals surface area contributed by atoms with Crippen molar-refractivity contribution in [1.29, 1.82) is 0 Å². The van der Waals surface area contributed by atoms with Crippen molar-refractivity contribution in [3.8, 4) is 5.75 Å². The molecule has 5 heteroatoms. The molecule has 186 valence electrons. The Balaban J connectivity index is 2.04. The van der Waals surface area contributed by atoms with Crippen LogP contribution in [0.15, 0.2) is 78.9 Å². The molecule has 0 aliphatic heterocycles. The van der Waals surface area contributed by atoms with Gasteiger partial charge in [0.1, 0.15) is 12.4 Å². The Bertz CT molecular complexity index is 1070. The van der Waals surface area contributed by atoms with Crippen LogP contribution >= 0.6 is 0 Å². The molecule has 3 aromatic rings. The number of carboxylic acids is 1. The summed E-state index contributed by atoms with van der Waals surface area (Å²) in [5.41, 5.74) is 3.25. The summed E-state index contributed by atoms with van der Waals surface area (Å²) in [4.78, 5) is 11.9. The van der Waals surface area contributed by atoms with Gasteiger partial charge in [-0.3, -0.25) is 4.48 Å². The molecule has 0 aliphatic rings. The normalized spacial score (nSPS) is 12.7. The number of carbonyl (C=O) groups is 1. The summed E-state index contributed by atoms with van der Waals surface area (Å²) in [6.07, 6.45) is 0.742. The van der Waals surface area contributed by atoms with E-state index in [0.717, 1.165) is 29.7 Å². The summed E-state index contributed by atoms with van der Waals surface area (Å²) in [5.74, 6) is -0.357. The zero-order valence-electron chi connectivity index (χ0n) is 21.2. The molecule has 0 bridgehead atoms. The quantitative estimate of drug-likeness (QED) is 0.246. The summed E-state index contributed by atoms with van der Waals surface area (Å²) in [7, 11) is 0. The van der Waals surface area contributed by atoms with Crippen LogP contribution in [0, 0.1) is 0 Å². The van der Waals surface area contributed by atoms with Gasteiger partial charge < -0.3 is 14.9 Å². The van der Waals surface area contributed by atoms with E-state index < -0.39 is 5.97 Å². The van der Waals surface area contributed by atoms with E-state index in [1.54, 1.807) is 18.2 Å². The third-order valence-corrected chi connectivity index (χ3v) is 7.23. The summed E-state index contributed by atoms with van der Waals surface area (Å²) in [6, 6.07) is 25.7. The first kappa shape index (κ1) is 26.5. The molecule has 1 unspecified atom stereocenters. The molecular weight excluding hydrogens is 438 g/mol. The molecule has 3 rings (SSSR count). The van der Waals surface area contributed by atoms with Crippen LogP contribution in [0.5, 0.6) is 5.75 Å². The number of aromatic carboxylic acids is 1. The van der Waals surface area contributed by atoms with Crippen LogP contribution in [0.1, 0.15) is 67.1 Å². The minimum atomic E-state index is -0.961. The first-order valence-corrected chi connectivity index (χ1v) is 12.3. The Morgan fingerprint density at radius 3 is 2.03 bits per heavy atom. The minimum absolute atomic E-state index is 0.0589.